The van der Waals surface area contributed by atoms with Crippen LogP contribution in [0.5, 0.6) is 0 Å². The molecule has 0 bridgehead atoms. The van der Waals surface area contributed by atoms with Crippen molar-refractivity contribution in [1.29, 1.82) is 0 Å². The van der Waals surface area contributed by atoms with Gasteiger partial charge in [-0.1, -0.05) is 57.2 Å². The van der Waals surface area contributed by atoms with Crippen LogP contribution in [0.4, 0.5) is 4.39 Å². The molecule has 5 heteroatoms. The third-order valence-electron chi connectivity index (χ3n) is 7.47. The van der Waals surface area contributed by atoms with Gasteiger partial charge in [0.15, 0.2) is 0 Å². The van der Waals surface area contributed by atoms with E-state index >= 15 is 0 Å². The molecule has 0 spiro atoms. The normalized spacial score (nSPS) is 13.7. The molecule has 0 aliphatic heterocycles. The number of para-hydroxylation sites is 1. The first-order chi connectivity index (χ1) is 18.1. The van der Waals surface area contributed by atoms with Gasteiger partial charge >= 0.3 is 0 Å². The van der Waals surface area contributed by atoms with E-state index in [1.807, 2.05) is 35.0 Å². The molecule has 190 valence electrons. The second-order valence-electron chi connectivity index (χ2n) is 11.1. The number of fused-ring (bicyclic) bond motifs is 3. The lowest BCUT2D eigenvalue weighted by Crippen LogP contribution is -2.25. The fourth-order valence-electron chi connectivity index (χ4n) is 5.33. The van der Waals surface area contributed by atoms with Crippen molar-refractivity contribution >= 4 is 21.8 Å². The standard InChI is InChI=1S/C33H30FN3O/c1-32(2,3)22-12-14-30-27(19-22)26-10-5-6-11-29(26)37(30)31-15-13-25(36-17-16-35-21-36)20-28(31)33(4,38)23-8-7-9-24(34)18-23/h5-21,38H,1-4H3. The number of nitrogens with zero attached hydrogens (tertiary/aromatic N) is 3. The first-order valence-electron chi connectivity index (χ1n) is 12.8. The Morgan fingerprint density at radius 1 is 0.763 bits per heavy atom. The molecule has 2 heterocycles. The van der Waals surface area contributed by atoms with Crippen LogP contribution in [-0.4, -0.2) is 19.2 Å². The van der Waals surface area contributed by atoms with E-state index in [9.17, 15) is 9.50 Å². The number of hydrogen-bond donors (Lipinski definition) is 1. The van der Waals surface area contributed by atoms with Gasteiger partial charge in [-0.25, -0.2) is 9.37 Å². The van der Waals surface area contributed by atoms with Crippen LogP contribution in [0.15, 0.2) is 104 Å². The fraction of sp³-hybridized carbons (Fsp3) is 0.182. The number of hydrogen-bond acceptors (Lipinski definition) is 2. The van der Waals surface area contributed by atoms with Gasteiger partial charge in [-0.3, -0.25) is 0 Å². The van der Waals surface area contributed by atoms with Crippen molar-refractivity contribution in [3.05, 3.63) is 126 Å². The summed E-state index contributed by atoms with van der Waals surface area (Å²) in [7, 11) is 0. The van der Waals surface area contributed by atoms with Crippen molar-refractivity contribution in [2.75, 3.05) is 0 Å². The molecule has 6 aromatic rings. The van der Waals surface area contributed by atoms with E-state index in [0.29, 0.717) is 11.1 Å². The molecule has 0 amide bonds. The minimum atomic E-state index is -1.48. The van der Waals surface area contributed by atoms with E-state index in [0.717, 1.165) is 33.2 Å². The zero-order valence-electron chi connectivity index (χ0n) is 22.0. The lowest BCUT2D eigenvalue weighted by molar-refractivity contribution is 0.102. The molecular formula is C33H30FN3O. The minimum Gasteiger partial charge on any atom is -0.381 e. The van der Waals surface area contributed by atoms with E-state index in [2.05, 4.69) is 66.7 Å². The summed E-state index contributed by atoms with van der Waals surface area (Å²) < 4.78 is 18.4. The Morgan fingerprint density at radius 3 is 2.29 bits per heavy atom. The molecule has 1 N–H and O–H groups in total. The van der Waals surface area contributed by atoms with E-state index < -0.39 is 5.60 Å². The Morgan fingerprint density at radius 2 is 1.55 bits per heavy atom. The molecule has 0 aliphatic rings. The van der Waals surface area contributed by atoms with Gasteiger partial charge in [-0.05, 0) is 72.0 Å². The topological polar surface area (TPSA) is 43.0 Å². The molecule has 4 aromatic carbocycles. The van der Waals surface area contributed by atoms with Crippen LogP contribution in [0.3, 0.4) is 0 Å². The minimum absolute atomic E-state index is 0.00998. The Kier molecular flexibility index (Phi) is 5.51. The zero-order chi connectivity index (χ0) is 26.7. The van der Waals surface area contributed by atoms with Crippen LogP contribution in [0.25, 0.3) is 33.2 Å². The van der Waals surface area contributed by atoms with Crippen molar-refractivity contribution < 1.29 is 9.50 Å². The van der Waals surface area contributed by atoms with Crippen molar-refractivity contribution in [2.24, 2.45) is 0 Å². The summed E-state index contributed by atoms with van der Waals surface area (Å²) in [4.78, 5) is 4.19. The lowest BCUT2D eigenvalue weighted by Gasteiger charge is -2.29. The zero-order valence-corrected chi connectivity index (χ0v) is 22.0. The van der Waals surface area contributed by atoms with Crippen molar-refractivity contribution in [2.45, 2.75) is 38.7 Å². The molecule has 2 aromatic heterocycles. The Bertz CT molecular complexity index is 1790. The molecule has 38 heavy (non-hydrogen) atoms. The van der Waals surface area contributed by atoms with Crippen LogP contribution >= 0.6 is 0 Å². The van der Waals surface area contributed by atoms with E-state index in [1.54, 1.807) is 31.6 Å². The third-order valence-corrected chi connectivity index (χ3v) is 7.47. The average Bonchev–Trinajstić information content (AvgIpc) is 3.54. The van der Waals surface area contributed by atoms with Crippen LogP contribution in [0, 0.1) is 5.82 Å². The number of rotatable bonds is 4. The van der Waals surface area contributed by atoms with Gasteiger partial charge in [-0.15, -0.1) is 0 Å². The summed E-state index contributed by atoms with van der Waals surface area (Å²) in [6, 6.07) is 27.2. The highest BCUT2D eigenvalue weighted by Crippen LogP contribution is 2.40. The van der Waals surface area contributed by atoms with Crippen LogP contribution in [-0.2, 0) is 11.0 Å². The number of imidazole rings is 1. The van der Waals surface area contributed by atoms with Gasteiger partial charge in [0, 0.05) is 34.4 Å². The second kappa shape index (κ2) is 8.67. The van der Waals surface area contributed by atoms with Crippen LogP contribution in [0.1, 0.15) is 44.4 Å². The van der Waals surface area contributed by atoms with E-state index in [-0.39, 0.29) is 11.2 Å². The molecule has 4 nitrogen and oxygen atoms in total. The van der Waals surface area contributed by atoms with Crippen molar-refractivity contribution in [1.82, 2.24) is 14.1 Å². The van der Waals surface area contributed by atoms with Gasteiger partial charge < -0.3 is 14.2 Å². The maximum atomic E-state index is 14.3. The number of halogens is 1. The van der Waals surface area contributed by atoms with Crippen LogP contribution < -0.4 is 0 Å². The predicted molar refractivity (Wildman–Crippen MR) is 152 cm³/mol. The molecule has 6 rings (SSSR count). The maximum Gasteiger partial charge on any atom is 0.123 e. The van der Waals surface area contributed by atoms with Gasteiger partial charge in [0.2, 0.25) is 0 Å². The smallest absolute Gasteiger partial charge is 0.123 e. The third kappa shape index (κ3) is 3.91. The van der Waals surface area contributed by atoms with Gasteiger partial charge in [0.1, 0.15) is 11.4 Å². The first kappa shape index (κ1) is 24.1. The molecule has 1 atom stereocenters. The highest BCUT2D eigenvalue weighted by molar-refractivity contribution is 6.09. The van der Waals surface area contributed by atoms with Gasteiger partial charge in [0.05, 0.1) is 23.0 Å². The number of benzene rings is 4. The summed E-state index contributed by atoms with van der Waals surface area (Å²) in [5, 5.41) is 14.4. The Labute approximate surface area is 221 Å². The summed E-state index contributed by atoms with van der Waals surface area (Å²) in [5.41, 5.74) is 4.72. The quantitative estimate of drug-likeness (QED) is 0.268. The summed E-state index contributed by atoms with van der Waals surface area (Å²) in [6.45, 7) is 8.38. The molecule has 1 unspecified atom stereocenters. The molecule has 0 aliphatic carbocycles. The summed E-state index contributed by atoms with van der Waals surface area (Å²) in [5.74, 6) is -0.387. The molecule has 0 saturated heterocycles. The van der Waals surface area contributed by atoms with E-state index in [1.165, 1.54) is 17.7 Å². The second-order valence-corrected chi connectivity index (χ2v) is 11.1. The highest BCUT2D eigenvalue weighted by Gasteiger charge is 2.31. The Balaban J connectivity index is 1.69. The molecule has 0 saturated carbocycles. The molecule has 0 radical (unpaired) electrons. The Hall–Kier alpha value is -4.22. The molecular weight excluding hydrogens is 473 g/mol. The number of aromatic nitrogens is 3. The lowest BCUT2D eigenvalue weighted by atomic mass is 9.86. The summed E-state index contributed by atoms with van der Waals surface area (Å²) >= 11 is 0. The van der Waals surface area contributed by atoms with Crippen molar-refractivity contribution in [3.8, 4) is 11.4 Å². The summed E-state index contributed by atoms with van der Waals surface area (Å²) in [6.07, 6.45) is 5.31. The van der Waals surface area contributed by atoms with Gasteiger partial charge in [-0.2, -0.15) is 0 Å². The monoisotopic (exact) mass is 503 g/mol. The largest absolute Gasteiger partial charge is 0.381 e. The first-order valence-corrected chi connectivity index (χ1v) is 12.8. The maximum absolute atomic E-state index is 14.3. The fourth-order valence-corrected chi connectivity index (χ4v) is 5.33. The van der Waals surface area contributed by atoms with Gasteiger partial charge in [0.25, 0.3) is 0 Å². The average molecular weight is 504 g/mol. The SMILES string of the molecule is CC(C)(C)c1ccc2c(c1)c1ccccc1n2-c1ccc(-n2ccnc2)cc1C(C)(O)c1cccc(F)c1. The van der Waals surface area contributed by atoms with Crippen molar-refractivity contribution in [3.63, 3.8) is 0 Å². The highest BCUT2D eigenvalue weighted by atomic mass is 19.1. The van der Waals surface area contributed by atoms with Crippen LogP contribution in [0.2, 0.25) is 0 Å². The molecule has 0 fully saturated rings. The number of aliphatic hydroxyl groups is 1. The van der Waals surface area contributed by atoms with E-state index in [4.69, 9.17) is 0 Å². The predicted octanol–water partition coefficient (Wildman–Crippen LogP) is 7.66.